The minimum absolute atomic E-state index is 0.0670. The van der Waals surface area contributed by atoms with Crippen molar-refractivity contribution in [3.63, 3.8) is 0 Å². The molecular weight excluding hydrogens is 280 g/mol. The molecule has 0 saturated heterocycles. The smallest absolute Gasteiger partial charge is 0.231 e. The lowest BCUT2D eigenvalue weighted by Gasteiger charge is -2.27. The van der Waals surface area contributed by atoms with Gasteiger partial charge in [0.2, 0.25) is 23.6 Å². The molecule has 0 bridgehead atoms. The Morgan fingerprint density at radius 1 is 0.762 bits per heavy atom. The molecule has 0 spiro atoms. The first-order valence-corrected chi connectivity index (χ1v) is 6.25. The van der Waals surface area contributed by atoms with E-state index in [4.69, 9.17) is 11.5 Å². The number of rotatable bonds is 8. The highest BCUT2D eigenvalue weighted by Crippen LogP contribution is 1.99. The van der Waals surface area contributed by atoms with Gasteiger partial charge < -0.3 is 32.7 Å². The second kappa shape index (κ2) is 8.87. The minimum Gasteiger partial charge on any atom is -0.343 e. The zero-order valence-corrected chi connectivity index (χ0v) is 12.1. The lowest BCUT2D eigenvalue weighted by molar-refractivity contribution is -0.131. The van der Waals surface area contributed by atoms with E-state index in [2.05, 4.69) is 21.3 Å². The second-order valence-corrected chi connectivity index (χ2v) is 4.68. The number of nitrogens with two attached hydrogens (primary N) is 2. The molecule has 0 radical (unpaired) electrons. The largest absolute Gasteiger partial charge is 0.343 e. The molecule has 0 aliphatic heterocycles. The first-order chi connectivity index (χ1) is 9.70. The molecule has 8 N–H and O–H groups in total. The Kier molecular flexibility index (Phi) is 7.94. The van der Waals surface area contributed by atoms with E-state index in [9.17, 15) is 19.2 Å². The monoisotopic (exact) mass is 302 g/mol. The number of hydrogen-bond acceptors (Lipinski definition) is 6. The highest BCUT2D eigenvalue weighted by molar-refractivity contribution is 5.98. The van der Waals surface area contributed by atoms with Crippen LogP contribution in [0.25, 0.3) is 0 Å². The van der Waals surface area contributed by atoms with Crippen molar-refractivity contribution in [1.29, 1.82) is 0 Å². The Bertz CT molecular complexity index is 374. The van der Waals surface area contributed by atoms with Gasteiger partial charge in [-0.05, 0) is 13.8 Å². The SMILES string of the molecule is CC(C)(NC(=O)CC(=O)NCN)NC(=O)CC(=O)NCN. The summed E-state index contributed by atoms with van der Waals surface area (Å²) in [4.78, 5) is 45.5. The fraction of sp³-hybridized carbons (Fsp3) is 0.636. The summed E-state index contributed by atoms with van der Waals surface area (Å²) in [5.41, 5.74) is 9.09. The second-order valence-electron chi connectivity index (χ2n) is 4.68. The van der Waals surface area contributed by atoms with E-state index in [0.717, 1.165) is 0 Å². The Morgan fingerprint density at radius 2 is 1.10 bits per heavy atom. The molecule has 21 heavy (non-hydrogen) atoms. The van der Waals surface area contributed by atoms with Crippen LogP contribution in [0.3, 0.4) is 0 Å². The maximum Gasteiger partial charge on any atom is 0.231 e. The van der Waals surface area contributed by atoms with E-state index in [1.807, 2.05) is 0 Å². The molecule has 0 aliphatic carbocycles. The highest BCUT2D eigenvalue weighted by Gasteiger charge is 2.24. The summed E-state index contributed by atoms with van der Waals surface area (Å²) in [6.07, 6.45) is -0.825. The standard InChI is InChI=1S/C11H22N6O4/c1-11(2,16-9(20)3-7(18)14-5-12)17-10(21)4-8(19)15-6-13/h3-6,12-13H2,1-2H3,(H,14,18)(H,15,19)(H,16,20)(H,17,21). The Balaban J connectivity index is 4.29. The lowest BCUT2D eigenvalue weighted by atomic mass is 10.2. The van der Waals surface area contributed by atoms with Crippen molar-refractivity contribution < 1.29 is 19.2 Å². The third kappa shape index (κ3) is 9.35. The van der Waals surface area contributed by atoms with Crippen LogP contribution in [-0.4, -0.2) is 42.6 Å². The third-order valence-corrected chi connectivity index (χ3v) is 2.14. The highest BCUT2D eigenvalue weighted by atomic mass is 16.2. The first-order valence-electron chi connectivity index (χ1n) is 6.25. The van der Waals surface area contributed by atoms with E-state index in [0.29, 0.717) is 0 Å². The fourth-order valence-corrected chi connectivity index (χ4v) is 1.46. The number of amides is 4. The Hall–Kier alpha value is -2.20. The molecule has 0 heterocycles. The van der Waals surface area contributed by atoms with Crippen LogP contribution in [0.1, 0.15) is 26.7 Å². The van der Waals surface area contributed by atoms with Gasteiger partial charge in [-0.15, -0.1) is 0 Å². The van der Waals surface area contributed by atoms with Gasteiger partial charge >= 0.3 is 0 Å². The van der Waals surface area contributed by atoms with Crippen molar-refractivity contribution >= 4 is 23.6 Å². The summed E-state index contributed by atoms with van der Waals surface area (Å²) in [5.74, 6) is -2.23. The summed E-state index contributed by atoms with van der Waals surface area (Å²) >= 11 is 0. The minimum atomic E-state index is -1.11. The van der Waals surface area contributed by atoms with Crippen molar-refractivity contribution in [3.05, 3.63) is 0 Å². The van der Waals surface area contributed by atoms with Crippen molar-refractivity contribution in [3.8, 4) is 0 Å². The van der Waals surface area contributed by atoms with Crippen LogP contribution >= 0.6 is 0 Å². The van der Waals surface area contributed by atoms with Gasteiger partial charge in [0.05, 0.1) is 13.3 Å². The number of carbonyl (C=O) groups is 4. The molecule has 0 rings (SSSR count). The molecule has 0 aliphatic rings. The van der Waals surface area contributed by atoms with Crippen molar-refractivity contribution in [2.45, 2.75) is 32.4 Å². The molecule has 0 aromatic heterocycles. The van der Waals surface area contributed by atoms with Crippen LogP contribution in [0.4, 0.5) is 0 Å². The van der Waals surface area contributed by atoms with E-state index >= 15 is 0 Å². The molecule has 0 unspecified atom stereocenters. The normalized spacial score (nSPS) is 10.5. The van der Waals surface area contributed by atoms with E-state index in [-0.39, 0.29) is 13.3 Å². The van der Waals surface area contributed by atoms with Gasteiger partial charge in [-0.25, -0.2) is 0 Å². The van der Waals surface area contributed by atoms with E-state index in [1.54, 1.807) is 0 Å². The number of nitrogens with one attached hydrogen (secondary N) is 4. The van der Waals surface area contributed by atoms with Crippen molar-refractivity contribution in [2.75, 3.05) is 13.3 Å². The van der Waals surface area contributed by atoms with Crippen LogP contribution in [0, 0.1) is 0 Å². The zero-order chi connectivity index (χ0) is 16.5. The van der Waals surface area contributed by atoms with Crippen LogP contribution in [0.5, 0.6) is 0 Å². The van der Waals surface area contributed by atoms with Gasteiger partial charge in [-0.2, -0.15) is 0 Å². The maximum absolute atomic E-state index is 11.6. The molecule has 0 saturated carbocycles. The number of hydrogen-bond donors (Lipinski definition) is 6. The topological polar surface area (TPSA) is 168 Å². The summed E-state index contributed by atoms with van der Waals surface area (Å²) < 4.78 is 0. The summed E-state index contributed by atoms with van der Waals surface area (Å²) in [5, 5.41) is 9.44. The molecule has 10 nitrogen and oxygen atoms in total. The molecule has 120 valence electrons. The van der Waals surface area contributed by atoms with Crippen LogP contribution in [0.2, 0.25) is 0 Å². The third-order valence-electron chi connectivity index (χ3n) is 2.14. The maximum atomic E-state index is 11.6. The van der Waals surface area contributed by atoms with Gasteiger partial charge in [0.1, 0.15) is 18.5 Å². The van der Waals surface area contributed by atoms with Gasteiger partial charge in [0, 0.05) is 0 Å². The predicted molar refractivity (Wildman–Crippen MR) is 74.0 cm³/mol. The van der Waals surface area contributed by atoms with E-state index in [1.165, 1.54) is 13.8 Å². The molecular formula is C11H22N6O4. The van der Waals surface area contributed by atoms with Crippen molar-refractivity contribution in [2.24, 2.45) is 11.5 Å². The molecule has 0 aromatic carbocycles. The predicted octanol–water partition coefficient (Wildman–Crippen LogP) is -3.20. The average Bonchev–Trinajstić information content (AvgIpc) is 2.26. The van der Waals surface area contributed by atoms with Gasteiger partial charge in [-0.3, -0.25) is 19.2 Å². The number of carbonyl (C=O) groups excluding carboxylic acids is 4. The Labute approximate surface area is 122 Å². The fourth-order valence-electron chi connectivity index (χ4n) is 1.46. The van der Waals surface area contributed by atoms with E-state index < -0.39 is 42.1 Å². The van der Waals surface area contributed by atoms with Gasteiger partial charge in [0.25, 0.3) is 0 Å². The molecule has 0 fully saturated rings. The van der Waals surface area contributed by atoms with Crippen LogP contribution < -0.4 is 32.7 Å². The molecule has 4 amide bonds. The zero-order valence-electron chi connectivity index (χ0n) is 12.1. The van der Waals surface area contributed by atoms with Crippen molar-refractivity contribution in [1.82, 2.24) is 21.3 Å². The average molecular weight is 302 g/mol. The summed E-state index contributed by atoms with van der Waals surface area (Å²) in [7, 11) is 0. The first kappa shape index (κ1) is 18.8. The Morgan fingerprint density at radius 3 is 1.38 bits per heavy atom. The van der Waals surface area contributed by atoms with Crippen LogP contribution in [0.15, 0.2) is 0 Å². The van der Waals surface area contributed by atoms with Crippen LogP contribution in [-0.2, 0) is 19.2 Å². The molecule has 0 atom stereocenters. The summed E-state index contributed by atoms with van der Waals surface area (Å²) in [6, 6.07) is 0. The van der Waals surface area contributed by atoms with Gasteiger partial charge in [0.15, 0.2) is 0 Å². The molecule has 0 aromatic rings. The molecule has 10 heteroatoms. The van der Waals surface area contributed by atoms with Gasteiger partial charge in [-0.1, -0.05) is 0 Å². The lowest BCUT2D eigenvalue weighted by Crippen LogP contribution is -2.57. The quantitative estimate of drug-likeness (QED) is 0.204. The summed E-state index contributed by atoms with van der Waals surface area (Å²) in [6.45, 7) is 2.90.